The standard InChI is InChI=1S/C18H25N3O6/c1-11(2)9-14(19-12(3)22)17(23)20-15(18(24)27-4)10-13-7-5-6-8-16(13)21(25)26/h5-8,11,14-15H,9-10H2,1-4H3,(H,19,22)(H,20,23)/t14-,15+/m0/s1. The van der Waals surface area contributed by atoms with E-state index in [9.17, 15) is 24.5 Å². The molecule has 9 heteroatoms. The van der Waals surface area contributed by atoms with E-state index in [2.05, 4.69) is 10.6 Å². The van der Waals surface area contributed by atoms with Crippen LogP contribution in [0.15, 0.2) is 24.3 Å². The summed E-state index contributed by atoms with van der Waals surface area (Å²) in [4.78, 5) is 46.7. The highest BCUT2D eigenvalue weighted by Gasteiger charge is 2.29. The van der Waals surface area contributed by atoms with E-state index in [1.807, 2.05) is 13.8 Å². The Labute approximate surface area is 157 Å². The normalized spacial score (nSPS) is 12.8. The van der Waals surface area contributed by atoms with Gasteiger partial charge in [-0.15, -0.1) is 0 Å². The van der Waals surface area contributed by atoms with Crippen LogP contribution in [0, 0.1) is 16.0 Å². The molecule has 0 spiro atoms. The molecule has 27 heavy (non-hydrogen) atoms. The average Bonchev–Trinajstić information content (AvgIpc) is 2.59. The fraction of sp³-hybridized carbons (Fsp3) is 0.500. The van der Waals surface area contributed by atoms with Gasteiger partial charge in [0.25, 0.3) is 5.69 Å². The largest absolute Gasteiger partial charge is 0.467 e. The predicted molar refractivity (Wildman–Crippen MR) is 97.8 cm³/mol. The molecule has 0 heterocycles. The minimum Gasteiger partial charge on any atom is -0.467 e. The Morgan fingerprint density at radius 3 is 2.30 bits per heavy atom. The smallest absolute Gasteiger partial charge is 0.328 e. The SMILES string of the molecule is COC(=O)[C@@H](Cc1ccccc1[N+](=O)[O-])NC(=O)[C@H](CC(C)C)NC(C)=O. The van der Waals surface area contributed by atoms with Crippen molar-refractivity contribution in [2.24, 2.45) is 5.92 Å². The fourth-order valence-electron chi connectivity index (χ4n) is 2.64. The number of nitro groups is 1. The third kappa shape index (κ3) is 7.04. The minimum absolute atomic E-state index is 0.107. The summed E-state index contributed by atoms with van der Waals surface area (Å²) >= 11 is 0. The van der Waals surface area contributed by atoms with E-state index in [1.165, 1.54) is 32.2 Å². The van der Waals surface area contributed by atoms with Crippen molar-refractivity contribution in [2.45, 2.75) is 45.7 Å². The van der Waals surface area contributed by atoms with Crippen molar-refractivity contribution in [1.82, 2.24) is 10.6 Å². The summed E-state index contributed by atoms with van der Waals surface area (Å²) in [5, 5.41) is 16.3. The Morgan fingerprint density at radius 1 is 1.15 bits per heavy atom. The maximum atomic E-state index is 12.6. The van der Waals surface area contributed by atoms with Crippen LogP contribution in [0.1, 0.15) is 32.8 Å². The highest BCUT2D eigenvalue weighted by atomic mass is 16.6. The summed E-state index contributed by atoms with van der Waals surface area (Å²) < 4.78 is 4.72. The molecular weight excluding hydrogens is 354 g/mol. The second kappa shape index (κ2) is 10.2. The van der Waals surface area contributed by atoms with Crippen LogP contribution < -0.4 is 10.6 Å². The molecule has 0 aliphatic carbocycles. The van der Waals surface area contributed by atoms with Crippen LogP contribution in [0.5, 0.6) is 0 Å². The highest BCUT2D eigenvalue weighted by molar-refractivity contribution is 5.90. The maximum Gasteiger partial charge on any atom is 0.328 e. The van der Waals surface area contributed by atoms with E-state index in [4.69, 9.17) is 4.74 Å². The maximum absolute atomic E-state index is 12.6. The van der Waals surface area contributed by atoms with Crippen molar-refractivity contribution in [1.29, 1.82) is 0 Å². The van der Waals surface area contributed by atoms with E-state index in [0.29, 0.717) is 6.42 Å². The van der Waals surface area contributed by atoms with Gasteiger partial charge in [-0.05, 0) is 12.3 Å². The molecule has 2 amide bonds. The molecule has 148 valence electrons. The monoisotopic (exact) mass is 379 g/mol. The number of nitrogens with one attached hydrogen (secondary N) is 2. The van der Waals surface area contributed by atoms with Crippen molar-refractivity contribution < 1.29 is 24.0 Å². The number of hydrogen-bond acceptors (Lipinski definition) is 6. The number of benzene rings is 1. The Kier molecular flexibility index (Phi) is 8.37. The van der Waals surface area contributed by atoms with Crippen LogP contribution >= 0.6 is 0 Å². The first-order valence-electron chi connectivity index (χ1n) is 8.53. The van der Waals surface area contributed by atoms with Gasteiger partial charge in [-0.25, -0.2) is 4.79 Å². The van der Waals surface area contributed by atoms with Gasteiger partial charge in [-0.1, -0.05) is 32.0 Å². The van der Waals surface area contributed by atoms with Gasteiger partial charge < -0.3 is 15.4 Å². The second-order valence-corrected chi connectivity index (χ2v) is 6.56. The molecule has 2 atom stereocenters. The molecule has 1 aromatic carbocycles. The molecule has 0 saturated carbocycles. The van der Waals surface area contributed by atoms with Crippen molar-refractivity contribution in [3.8, 4) is 0 Å². The number of hydrogen-bond donors (Lipinski definition) is 2. The number of carbonyl (C=O) groups is 3. The third-order valence-corrected chi connectivity index (χ3v) is 3.82. The molecular formula is C18H25N3O6. The van der Waals surface area contributed by atoms with Crippen molar-refractivity contribution in [3.05, 3.63) is 39.9 Å². The average molecular weight is 379 g/mol. The lowest BCUT2D eigenvalue weighted by atomic mass is 10.0. The molecule has 0 saturated heterocycles. The number of esters is 1. The zero-order valence-corrected chi connectivity index (χ0v) is 15.9. The molecule has 0 aromatic heterocycles. The number of nitro benzene ring substituents is 1. The van der Waals surface area contributed by atoms with Crippen LogP contribution in [0.3, 0.4) is 0 Å². The summed E-state index contributed by atoms with van der Waals surface area (Å²) in [6.45, 7) is 5.09. The van der Waals surface area contributed by atoms with Gasteiger partial charge in [0.1, 0.15) is 12.1 Å². The quantitative estimate of drug-likeness (QED) is 0.379. The topological polar surface area (TPSA) is 128 Å². The number of amides is 2. The van der Waals surface area contributed by atoms with Crippen molar-refractivity contribution >= 4 is 23.5 Å². The first kappa shape index (κ1) is 22.1. The van der Waals surface area contributed by atoms with Crippen molar-refractivity contribution in [3.63, 3.8) is 0 Å². The Balaban J connectivity index is 3.03. The van der Waals surface area contributed by atoms with Gasteiger partial charge in [0.05, 0.1) is 12.0 Å². The Morgan fingerprint density at radius 2 is 1.78 bits per heavy atom. The van der Waals surface area contributed by atoms with Crippen LogP contribution in [0.4, 0.5) is 5.69 Å². The number of para-hydroxylation sites is 1. The number of nitrogens with zero attached hydrogens (tertiary/aromatic N) is 1. The van der Waals surface area contributed by atoms with Gasteiger partial charge in [0.15, 0.2) is 0 Å². The Hall–Kier alpha value is -2.97. The lowest BCUT2D eigenvalue weighted by Gasteiger charge is -2.23. The lowest BCUT2D eigenvalue weighted by Crippen LogP contribution is -2.52. The van der Waals surface area contributed by atoms with Gasteiger partial charge in [-0.3, -0.25) is 19.7 Å². The number of ether oxygens (including phenoxy) is 1. The van der Waals surface area contributed by atoms with E-state index in [-0.39, 0.29) is 29.5 Å². The third-order valence-electron chi connectivity index (χ3n) is 3.82. The molecule has 1 aromatic rings. The van der Waals surface area contributed by atoms with Gasteiger partial charge >= 0.3 is 5.97 Å². The summed E-state index contributed by atoms with van der Waals surface area (Å²) in [6.07, 6.45) is 0.273. The van der Waals surface area contributed by atoms with E-state index in [0.717, 1.165) is 0 Å². The number of rotatable bonds is 9. The van der Waals surface area contributed by atoms with E-state index >= 15 is 0 Å². The second-order valence-electron chi connectivity index (χ2n) is 6.56. The molecule has 0 aliphatic heterocycles. The van der Waals surface area contributed by atoms with Gasteiger partial charge in [0, 0.05) is 25.0 Å². The molecule has 2 N–H and O–H groups in total. The van der Waals surface area contributed by atoms with Gasteiger partial charge in [0.2, 0.25) is 11.8 Å². The molecule has 0 bridgehead atoms. The summed E-state index contributed by atoms with van der Waals surface area (Å²) in [7, 11) is 1.17. The van der Waals surface area contributed by atoms with E-state index < -0.39 is 28.9 Å². The van der Waals surface area contributed by atoms with Crippen molar-refractivity contribution in [2.75, 3.05) is 7.11 Å². The minimum atomic E-state index is -1.12. The fourth-order valence-corrected chi connectivity index (χ4v) is 2.64. The molecule has 0 unspecified atom stereocenters. The Bertz CT molecular complexity index is 704. The van der Waals surface area contributed by atoms with Crippen LogP contribution in [0.2, 0.25) is 0 Å². The zero-order chi connectivity index (χ0) is 20.6. The summed E-state index contributed by atoms with van der Waals surface area (Å²) in [6, 6.07) is 4.02. The molecule has 1 rings (SSSR count). The molecule has 0 aliphatic rings. The lowest BCUT2D eigenvalue weighted by molar-refractivity contribution is -0.385. The molecule has 0 fully saturated rings. The van der Waals surface area contributed by atoms with Crippen LogP contribution in [-0.4, -0.2) is 41.9 Å². The molecule has 0 radical (unpaired) electrons. The summed E-state index contributed by atoms with van der Waals surface area (Å²) in [5.74, 6) is -1.52. The molecule has 9 nitrogen and oxygen atoms in total. The number of methoxy groups -OCH3 is 1. The number of carbonyl (C=O) groups excluding carboxylic acids is 3. The zero-order valence-electron chi connectivity index (χ0n) is 15.9. The van der Waals surface area contributed by atoms with Crippen LogP contribution in [0.25, 0.3) is 0 Å². The highest BCUT2D eigenvalue weighted by Crippen LogP contribution is 2.19. The van der Waals surface area contributed by atoms with Gasteiger partial charge in [-0.2, -0.15) is 0 Å². The van der Waals surface area contributed by atoms with Crippen LogP contribution in [-0.2, 0) is 25.5 Å². The first-order chi connectivity index (χ1) is 12.6. The van der Waals surface area contributed by atoms with E-state index in [1.54, 1.807) is 6.07 Å². The first-order valence-corrected chi connectivity index (χ1v) is 8.53. The summed E-state index contributed by atoms with van der Waals surface area (Å²) in [5.41, 5.74) is 0.138. The predicted octanol–water partition coefficient (Wildman–Crippen LogP) is 1.35.